The Balaban J connectivity index is 1.79. The van der Waals surface area contributed by atoms with Crippen molar-refractivity contribution in [1.82, 2.24) is 4.90 Å². The standard InChI is InChI=1S/C17H17ClN2O5S2/c1-11(26-13-5-3-12(4-6-13)20(23)24)17(22)25-10-16(21)19(2)9-14-7-8-15(18)27-14/h3-8,11H,9-10H2,1-2H3. The van der Waals surface area contributed by atoms with Gasteiger partial charge < -0.3 is 9.64 Å². The number of esters is 1. The summed E-state index contributed by atoms with van der Waals surface area (Å²) in [4.78, 5) is 37.4. The van der Waals surface area contributed by atoms with Gasteiger partial charge in [-0.15, -0.1) is 23.1 Å². The fourth-order valence-electron chi connectivity index (χ4n) is 2.02. The molecule has 0 N–H and O–H groups in total. The van der Waals surface area contributed by atoms with Gasteiger partial charge in [-0.05, 0) is 31.2 Å². The van der Waals surface area contributed by atoms with E-state index in [0.29, 0.717) is 15.8 Å². The third-order valence-corrected chi connectivity index (χ3v) is 5.78. The second-order valence-electron chi connectivity index (χ2n) is 5.57. The molecular formula is C17H17ClN2O5S2. The van der Waals surface area contributed by atoms with Gasteiger partial charge in [-0.3, -0.25) is 19.7 Å². The molecule has 0 aliphatic carbocycles. The van der Waals surface area contributed by atoms with E-state index in [9.17, 15) is 19.7 Å². The number of non-ortho nitro benzene ring substituents is 1. The quantitative estimate of drug-likeness (QED) is 0.273. The summed E-state index contributed by atoms with van der Waals surface area (Å²) in [5.41, 5.74) is -0.0183. The molecular weight excluding hydrogens is 412 g/mol. The van der Waals surface area contributed by atoms with E-state index in [2.05, 4.69) is 0 Å². The highest BCUT2D eigenvalue weighted by Gasteiger charge is 2.19. The van der Waals surface area contributed by atoms with Gasteiger partial charge in [-0.1, -0.05) is 11.6 Å². The molecule has 0 bridgehead atoms. The van der Waals surface area contributed by atoms with Gasteiger partial charge in [0.25, 0.3) is 11.6 Å². The Bertz CT molecular complexity index is 825. The van der Waals surface area contributed by atoms with Crippen LogP contribution < -0.4 is 0 Å². The number of rotatable bonds is 8. The largest absolute Gasteiger partial charge is 0.455 e. The maximum atomic E-state index is 12.1. The molecule has 1 aromatic heterocycles. The number of thioether (sulfide) groups is 1. The minimum Gasteiger partial charge on any atom is -0.455 e. The zero-order valence-electron chi connectivity index (χ0n) is 14.6. The molecule has 0 aliphatic rings. The summed E-state index contributed by atoms with van der Waals surface area (Å²) >= 11 is 8.45. The fraction of sp³-hybridized carbons (Fsp3) is 0.294. The van der Waals surface area contributed by atoms with Crippen LogP contribution in [0, 0.1) is 10.1 Å². The molecule has 2 aromatic rings. The number of thiophene rings is 1. The molecule has 2 rings (SSSR count). The average Bonchev–Trinajstić information content (AvgIpc) is 3.04. The summed E-state index contributed by atoms with van der Waals surface area (Å²) in [6.07, 6.45) is 0. The van der Waals surface area contributed by atoms with E-state index in [0.717, 1.165) is 4.88 Å². The van der Waals surface area contributed by atoms with E-state index in [1.54, 1.807) is 32.2 Å². The predicted octanol–water partition coefficient (Wildman–Crippen LogP) is 3.99. The Morgan fingerprint density at radius 3 is 2.52 bits per heavy atom. The number of hydrogen-bond acceptors (Lipinski definition) is 7. The van der Waals surface area contributed by atoms with E-state index in [1.165, 1.54) is 40.1 Å². The molecule has 1 heterocycles. The predicted molar refractivity (Wildman–Crippen MR) is 105 cm³/mol. The number of likely N-dealkylation sites (N-methyl/N-ethyl adjacent to an activating group) is 1. The molecule has 0 aliphatic heterocycles. The Hall–Kier alpha value is -2.10. The molecule has 10 heteroatoms. The lowest BCUT2D eigenvalue weighted by atomic mass is 10.3. The lowest BCUT2D eigenvalue weighted by molar-refractivity contribution is -0.384. The number of amides is 1. The molecule has 144 valence electrons. The van der Waals surface area contributed by atoms with Crippen LogP contribution in [0.3, 0.4) is 0 Å². The van der Waals surface area contributed by atoms with E-state index >= 15 is 0 Å². The Kier molecular flexibility index (Phi) is 7.64. The van der Waals surface area contributed by atoms with Gasteiger partial charge >= 0.3 is 5.97 Å². The minimum atomic E-state index is -0.555. The van der Waals surface area contributed by atoms with Crippen LogP contribution in [0.2, 0.25) is 4.34 Å². The first-order chi connectivity index (χ1) is 12.8. The zero-order valence-corrected chi connectivity index (χ0v) is 17.0. The van der Waals surface area contributed by atoms with Crippen LogP contribution in [0.4, 0.5) is 5.69 Å². The van der Waals surface area contributed by atoms with E-state index in [1.807, 2.05) is 6.07 Å². The number of halogens is 1. The van der Waals surface area contributed by atoms with Gasteiger partial charge in [0.15, 0.2) is 6.61 Å². The molecule has 0 saturated heterocycles. The monoisotopic (exact) mass is 428 g/mol. The van der Waals surface area contributed by atoms with Crippen molar-refractivity contribution in [2.24, 2.45) is 0 Å². The molecule has 1 unspecified atom stereocenters. The molecule has 27 heavy (non-hydrogen) atoms. The molecule has 1 atom stereocenters. The van der Waals surface area contributed by atoms with Crippen LogP contribution >= 0.6 is 34.7 Å². The van der Waals surface area contributed by atoms with E-state index in [-0.39, 0.29) is 18.2 Å². The first-order valence-corrected chi connectivity index (χ1v) is 9.89. The number of nitrogens with zero attached hydrogens (tertiary/aromatic N) is 2. The highest BCUT2D eigenvalue weighted by Crippen LogP contribution is 2.26. The average molecular weight is 429 g/mol. The van der Waals surface area contributed by atoms with Gasteiger partial charge in [0.1, 0.15) is 5.25 Å². The number of carbonyl (C=O) groups is 2. The topological polar surface area (TPSA) is 89.7 Å². The van der Waals surface area contributed by atoms with Crippen molar-refractivity contribution in [2.45, 2.75) is 23.6 Å². The molecule has 0 saturated carbocycles. The van der Waals surface area contributed by atoms with Gasteiger partial charge in [0.2, 0.25) is 0 Å². The van der Waals surface area contributed by atoms with E-state index < -0.39 is 16.1 Å². The molecule has 1 aromatic carbocycles. The van der Waals surface area contributed by atoms with Crippen LogP contribution in [-0.2, 0) is 20.9 Å². The third-order valence-electron chi connectivity index (χ3n) is 3.48. The minimum absolute atomic E-state index is 0.0183. The van der Waals surface area contributed by atoms with Gasteiger partial charge in [-0.2, -0.15) is 0 Å². The number of nitro groups is 1. The SMILES string of the molecule is CC(Sc1ccc([N+](=O)[O-])cc1)C(=O)OCC(=O)N(C)Cc1ccc(Cl)s1. The number of nitro benzene ring substituents is 1. The maximum absolute atomic E-state index is 12.1. The number of ether oxygens (including phenoxy) is 1. The van der Waals surface area contributed by atoms with Crippen molar-refractivity contribution in [1.29, 1.82) is 0 Å². The summed E-state index contributed by atoms with van der Waals surface area (Å²) in [5, 5.41) is 10.1. The lowest BCUT2D eigenvalue weighted by Gasteiger charge is -2.17. The summed E-state index contributed by atoms with van der Waals surface area (Å²) < 4.78 is 5.73. The number of hydrogen-bond donors (Lipinski definition) is 0. The summed E-state index contributed by atoms with van der Waals surface area (Å²) in [6, 6.07) is 9.48. The highest BCUT2D eigenvalue weighted by atomic mass is 35.5. The lowest BCUT2D eigenvalue weighted by Crippen LogP contribution is -2.31. The van der Waals surface area contributed by atoms with Crippen molar-refractivity contribution >= 4 is 52.3 Å². The Labute approximate surface area is 169 Å². The highest BCUT2D eigenvalue weighted by molar-refractivity contribution is 8.00. The van der Waals surface area contributed by atoms with Crippen molar-refractivity contribution in [3.8, 4) is 0 Å². The number of benzene rings is 1. The summed E-state index contributed by atoms with van der Waals surface area (Å²) in [7, 11) is 1.62. The Morgan fingerprint density at radius 1 is 1.30 bits per heavy atom. The Morgan fingerprint density at radius 2 is 1.96 bits per heavy atom. The third kappa shape index (κ3) is 6.53. The molecule has 0 fully saturated rings. The smallest absolute Gasteiger partial charge is 0.319 e. The fourth-order valence-corrected chi connectivity index (χ4v) is 4.02. The molecule has 7 nitrogen and oxygen atoms in total. The maximum Gasteiger partial charge on any atom is 0.319 e. The second kappa shape index (κ2) is 9.72. The summed E-state index contributed by atoms with van der Waals surface area (Å²) in [5.74, 6) is -0.848. The van der Waals surface area contributed by atoms with Crippen LogP contribution in [0.5, 0.6) is 0 Å². The van der Waals surface area contributed by atoms with Crippen molar-refractivity contribution < 1.29 is 19.2 Å². The van der Waals surface area contributed by atoms with Crippen LogP contribution in [0.15, 0.2) is 41.3 Å². The van der Waals surface area contributed by atoms with Gasteiger partial charge in [0.05, 0.1) is 15.8 Å². The first-order valence-electron chi connectivity index (χ1n) is 7.82. The van der Waals surface area contributed by atoms with Crippen LogP contribution in [0.1, 0.15) is 11.8 Å². The van der Waals surface area contributed by atoms with Crippen LogP contribution in [0.25, 0.3) is 0 Å². The first kappa shape index (κ1) is 21.2. The molecule has 1 amide bonds. The van der Waals surface area contributed by atoms with Crippen molar-refractivity contribution in [2.75, 3.05) is 13.7 Å². The number of carbonyl (C=O) groups excluding carboxylic acids is 2. The normalized spacial score (nSPS) is 11.7. The summed E-state index contributed by atoms with van der Waals surface area (Å²) in [6.45, 7) is 1.69. The van der Waals surface area contributed by atoms with Gasteiger partial charge in [-0.25, -0.2) is 0 Å². The second-order valence-corrected chi connectivity index (χ2v) is 8.79. The zero-order chi connectivity index (χ0) is 20.0. The molecule has 0 spiro atoms. The van der Waals surface area contributed by atoms with Crippen molar-refractivity contribution in [3.05, 3.63) is 55.7 Å². The van der Waals surface area contributed by atoms with Gasteiger partial charge in [0, 0.05) is 29.0 Å². The molecule has 0 radical (unpaired) electrons. The van der Waals surface area contributed by atoms with Crippen LogP contribution in [-0.4, -0.2) is 40.6 Å². The van der Waals surface area contributed by atoms with E-state index in [4.69, 9.17) is 16.3 Å². The van der Waals surface area contributed by atoms with Crippen molar-refractivity contribution in [3.63, 3.8) is 0 Å².